The Labute approximate surface area is 98.3 Å². The van der Waals surface area contributed by atoms with E-state index in [1.807, 2.05) is 23.9 Å². The average molecular weight is 239 g/mol. The Kier molecular flexibility index (Phi) is 2.57. The number of hydrogen-bond acceptors (Lipinski definition) is 5. The number of benzene rings is 1. The minimum atomic E-state index is 0.296. The summed E-state index contributed by atoms with van der Waals surface area (Å²) in [5, 5.41) is 3.72. The predicted molar refractivity (Wildman–Crippen MR) is 62.3 cm³/mol. The highest BCUT2D eigenvalue weighted by atomic mass is 32.2. The molecule has 2 aliphatic heterocycles. The van der Waals surface area contributed by atoms with E-state index in [-0.39, 0.29) is 0 Å². The highest BCUT2D eigenvalue weighted by Crippen LogP contribution is 2.43. The molecule has 1 unspecified atom stereocenters. The third kappa shape index (κ3) is 1.60. The smallest absolute Gasteiger partial charge is 0.231 e. The van der Waals surface area contributed by atoms with Gasteiger partial charge in [-0.15, -0.1) is 11.8 Å². The van der Waals surface area contributed by atoms with Gasteiger partial charge in [0.25, 0.3) is 0 Å². The SMILES string of the molecule is COc1cc2c(cc1C1NCCS1)OCO2. The van der Waals surface area contributed by atoms with Crippen LogP contribution in [0.4, 0.5) is 0 Å². The molecule has 86 valence electrons. The quantitative estimate of drug-likeness (QED) is 0.851. The summed E-state index contributed by atoms with van der Waals surface area (Å²) in [6.07, 6.45) is 0. The van der Waals surface area contributed by atoms with Crippen molar-refractivity contribution in [3.8, 4) is 17.2 Å². The molecule has 3 rings (SSSR count). The Morgan fingerprint density at radius 1 is 1.38 bits per heavy atom. The van der Waals surface area contributed by atoms with E-state index in [0.29, 0.717) is 12.2 Å². The average Bonchev–Trinajstić information content (AvgIpc) is 2.97. The Morgan fingerprint density at radius 2 is 2.19 bits per heavy atom. The fourth-order valence-corrected chi connectivity index (χ4v) is 3.02. The van der Waals surface area contributed by atoms with E-state index in [4.69, 9.17) is 14.2 Å². The lowest BCUT2D eigenvalue weighted by molar-refractivity contribution is 0.174. The lowest BCUT2D eigenvalue weighted by Crippen LogP contribution is -2.12. The van der Waals surface area contributed by atoms with Gasteiger partial charge in [0, 0.05) is 23.9 Å². The van der Waals surface area contributed by atoms with Crippen LogP contribution in [0.5, 0.6) is 17.2 Å². The number of thioether (sulfide) groups is 1. The van der Waals surface area contributed by atoms with Gasteiger partial charge in [-0.25, -0.2) is 0 Å². The molecule has 0 aromatic heterocycles. The van der Waals surface area contributed by atoms with E-state index in [1.54, 1.807) is 7.11 Å². The monoisotopic (exact) mass is 239 g/mol. The van der Waals surface area contributed by atoms with Gasteiger partial charge in [0.1, 0.15) is 5.75 Å². The van der Waals surface area contributed by atoms with Crippen molar-refractivity contribution in [2.75, 3.05) is 26.2 Å². The number of hydrogen-bond donors (Lipinski definition) is 1. The molecule has 1 fully saturated rings. The van der Waals surface area contributed by atoms with E-state index in [0.717, 1.165) is 35.1 Å². The van der Waals surface area contributed by atoms with E-state index in [9.17, 15) is 0 Å². The maximum absolute atomic E-state index is 5.39. The second kappa shape index (κ2) is 4.07. The fraction of sp³-hybridized carbons (Fsp3) is 0.455. The lowest BCUT2D eigenvalue weighted by atomic mass is 10.1. The minimum Gasteiger partial charge on any atom is -0.496 e. The first-order chi connectivity index (χ1) is 7.88. The molecule has 5 heteroatoms. The molecule has 2 aliphatic rings. The van der Waals surface area contributed by atoms with Crippen molar-refractivity contribution in [1.29, 1.82) is 0 Å². The maximum Gasteiger partial charge on any atom is 0.231 e. The van der Waals surface area contributed by atoms with Crippen LogP contribution in [-0.2, 0) is 0 Å². The van der Waals surface area contributed by atoms with Gasteiger partial charge < -0.3 is 19.5 Å². The largest absolute Gasteiger partial charge is 0.496 e. The highest BCUT2D eigenvalue weighted by Gasteiger charge is 2.25. The van der Waals surface area contributed by atoms with Gasteiger partial charge in [-0.05, 0) is 6.07 Å². The van der Waals surface area contributed by atoms with Crippen LogP contribution < -0.4 is 19.5 Å². The first kappa shape index (κ1) is 10.1. The summed E-state index contributed by atoms with van der Waals surface area (Å²) in [5.74, 6) is 3.56. The zero-order chi connectivity index (χ0) is 11.0. The van der Waals surface area contributed by atoms with Crippen molar-refractivity contribution in [2.24, 2.45) is 0 Å². The molecule has 0 bridgehead atoms. The third-order valence-corrected chi connectivity index (χ3v) is 3.92. The molecule has 0 radical (unpaired) electrons. The van der Waals surface area contributed by atoms with E-state index < -0.39 is 0 Å². The van der Waals surface area contributed by atoms with Crippen LogP contribution >= 0.6 is 11.8 Å². The van der Waals surface area contributed by atoms with Crippen molar-refractivity contribution >= 4 is 11.8 Å². The molecule has 1 aromatic rings. The molecule has 1 saturated heterocycles. The first-order valence-electron chi connectivity index (χ1n) is 5.21. The molecular weight excluding hydrogens is 226 g/mol. The molecule has 16 heavy (non-hydrogen) atoms. The first-order valence-corrected chi connectivity index (χ1v) is 6.26. The van der Waals surface area contributed by atoms with Gasteiger partial charge >= 0.3 is 0 Å². The fourth-order valence-electron chi connectivity index (χ4n) is 1.95. The van der Waals surface area contributed by atoms with Crippen LogP contribution in [0.2, 0.25) is 0 Å². The van der Waals surface area contributed by atoms with Crippen molar-refractivity contribution in [3.63, 3.8) is 0 Å². The predicted octanol–water partition coefficient (Wildman–Crippen LogP) is 1.76. The molecule has 0 aliphatic carbocycles. The second-order valence-electron chi connectivity index (χ2n) is 3.65. The Balaban J connectivity index is 2.01. The summed E-state index contributed by atoms with van der Waals surface area (Å²) in [6, 6.07) is 3.91. The van der Waals surface area contributed by atoms with Crippen LogP contribution in [0.15, 0.2) is 12.1 Å². The van der Waals surface area contributed by atoms with Gasteiger partial charge in [0.2, 0.25) is 6.79 Å². The Hall–Kier alpha value is -1.07. The van der Waals surface area contributed by atoms with Crippen molar-refractivity contribution in [2.45, 2.75) is 5.37 Å². The molecule has 1 atom stereocenters. The maximum atomic E-state index is 5.39. The van der Waals surface area contributed by atoms with E-state index in [2.05, 4.69) is 5.32 Å². The molecule has 0 saturated carbocycles. The second-order valence-corrected chi connectivity index (χ2v) is 4.87. The van der Waals surface area contributed by atoms with Crippen LogP contribution in [0.1, 0.15) is 10.9 Å². The van der Waals surface area contributed by atoms with Crippen LogP contribution in [0.3, 0.4) is 0 Å². The van der Waals surface area contributed by atoms with Gasteiger partial charge in [0.15, 0.2) is 11.5 Å². The summed E-state index contributed by atoms with van der Waals surface area (Å²) >= 11 is 1.88. The molecule has 1 aromatic carbocycles. The summed E-state index contributed by atoms with van der Waals surface area (Å²) < 4.78 is 16.1. The van der Waals surface area contributed by atoms with Crippen molar-refractivity contribution < 1.29 is 14.2 Å². The van der Waals surface area contributed by atoms with Gasteiger partial charge in [-0.2, -0.15) is 0 Å². The Bertz CT molecular complexity index is 404. The molecular formula is C11H13NO3S. The third-order valence-electron chi connectivity index (χ3n) is 2.72. The molecule has 2 heterocycles. The summed E-state index contributed by atoms with van der Waals surface area (Å²) in [7, 11) is 1.68. The van der Waals surface area contributed by atoms with Gasteiger partial charge in [0.05, 0.1) is 12.5 Å². The topological polar surface area (TPSA) is 39.7 Å². The van der Waals surface area contributed by atoms with Gasteiger partial charge in [-0.1, -0.05) is 0 Å². The standard InChI is InChI=1S/C11H13NO3S/c1-13-8-5-10-9(14-6-15-10)4-7(8)11-12-2-3-16-11/h4-5,11-12H,2-3,6H2,1H3. The van der Waals surface area contributed by atoms with Crippen LogP contribution in [-0.4, -0.2) is 26.2 Å². The van der Waals surface area contributed by atoms with Crippen molar-refractivity contribution in [1.82, 2.24) is 5.32 Å². The number of fused-ring (bicyclic) bond motifs is 1. The van der Waals surface area contributed by atoms with Gasteiger partial charge in [-0.3, -0.25) is 0 Å². The molecule has 1 N–H and O–H groups in total. The van der Waals surface area contributed by atoms with Crippen molar-refractivity contribution in [3.05, 3.63) is 17.7 Å². The Morgan fingerprint density at radius 3 is 2.88 bits per heavy atom. The lowest BCUT2D eigenvalue weighted by Gasteiger charge is -2.15. The van der Waals surface area contributed by atoms with Crippen LogP contribution in [0, 0.1) is 0 Å². The molecule has 0 amide bonds. The summed E-state index contributed by atoms with van der Waals surface area (Å²) in [6.45, 7) is 1.33. The van der Waals surface area contributed by atoms with Crippen LogP contribution in [0.25, 0.3) is 0 Å². The zero-order valence-electron chi connectivity index (χ0n) is 8.99. The zero-order valence-corrected chi connectivity index (χ0v) is 9.80. The number of nitrogens with one attached hydrogen (secondary N) is 1. The highest BCUT2D eigenvalue weighted by molar-refractivity contribution is 7.99. The number of methoxy groups -OCH3 is 1. The molecule has 0 spiro atoms. The number of rotatable bonds is 2. The summed E-state index contributed by atoms with van der Waals surface area (Å²) in [5.41, 5.74) is 1.13. The van der Waals surface area contributed by atoms with E-state index in [1.165, 1.54) is 0 Å². The van der Waals surface area contributed by atoms with E-state index >= 15 is 0 Å². The molecule has 4 nitrogen and oxygen atoms in total. The number of ether oxygens (including phenoxy) is 3. The summed E-state index contributed by atoms with van der Waals surface area (Å²) in [4.78, 5) is 0. The minimum absolute atomic E-state index is 0.296. The normalized spacial score (nSPS) is 22.4.